The maximum Gasteiger partial charge on any atom is 0.261 e. The third-order valence-corrected chi connectivity index (χ3v) is 6.03. The first-order chi connectivity index (χ1) is 12.4. The Hall–Kier alpha value is -2.09. The number of carbonyl (C=O) groups excluding carboxylic acids is 1. The van der Waals surface area contributed by atoms with Crippen LogP contribution in [-0.4, -0.2) is 45.4 Å². The lowest BCUT2D eigenvalue weighted by Crippen LogP contribution is -2.38. The molecule has 1 aliphatic rings. The normalized spacial score (nSPS) is 17.1. The Balaban J connectivity index is 1.92. The molecule has 2 aromatic rings. The number of nitrogens with one attached hydrogen (secondary N) is 2. The van der Waals surface area contributed by atoms with Gasteiger partial charge in [-0.05, 0) is 43.3 Å². The van der Waals surface area contributed by atoms with E-state index in [1.54, 1.807) is 42.3 Å². The van der Waals surface area contributed by atoms with Crippen LogP contribution in [-0.2, 0) is 10.0 Å². The summed E-state index contributed by atoms with van der Waals surface area (Å²) in [5.74, 6) is -0.249. The molecule has 8 heteroatoms. The molecule has 6 nitrogen and oxygen atoms in total. The molecule has 3 rings (SSSR count). The van der Waals surface area contributed by atoms with Crippen molar-refractivity contribution in [2.45, 2.75) is 17.4 Å². The van der Waals surface area contributed by atoms with Crippen molar-refractivity contribution in [1.82, 2.24) is 10.2 Å². The summed E-state index contributed by atoms with van der Waals surface area (Å²) in [6.45, 7) is 1.58. The molecule has 0 radical (unpaired) electrons. The molecule has 26 heavy (non-hydrogen) atoms. The summed E-state index contributed by atoms with van der Waals surface area (Å²) >= 11 is 6.03. The smallest absolute Gasteiger partial charge is 0.261 e. The molecule has 1 fully saturated rings. The first-order valence-corrected chi connectivity index (χ1v) is 10.1. The van der Waals surface area contributed by atoms with Crippen LogP contribution in [0.15, 0.2) is 53.4 Å². The number of halogens is 1. The Kier molecular flexibility index (Phi) is 5.50. The number of carbonyl (C=O) groups is 1. The molecule has 0 saturated carbocycles. The van der Waals surface area contributed by atoms with Crippen LogP contribution in [0.2, 0.25) is 5.02 Å². The number of hydrogen-bond acceptors (Lipinski definition) is 4. The molecule has 1 amide bonds. The first kappa shape index (κ1) is 18.7. The van der Waals surface area contributed by atoms with Crippen LogP contribution in [0, 0.1) is 0 Å². The summed E-state index contributed by atoms with van der Waals surface area (Å²) in [4.78, 5) is 14.7. The van der Waals surface area contributed by atoms with Crippen LogP contribution in [0.3, 0.4) is 0 Å². The number of rotatable bonds is 5. The molecule has 0 aromatic heterocycles. The monoisotopic (exact) mass is 393 g/mol. The number of amides is 1. The Morgan fingerprint density at radius 3 is 2.62 bits per heavy atom. The molecule has 1 unspecified atom stereocenters. The van der Waals surface area contributed by atoms with Gasteiger partial charge in [0.25, 0.3) is 15.9 Å². The first-order valence-electron chi connectivity index (χ1n) is 8.24. The summed E-state index contributed by atoms with van der Waals surface area (Å²) in [6, 6.07) is 12.7. The quantitative estimate of drug-likeness (QED) is 0.818. The zero-order valence-electron chi connectivity index (χ0n) is 14.3. The summed E-state index contributed by atoms with van der Waals surface area (Å²) in [7, 11) is -2.10. The van der Waals surface area contributed by atoms with Crippen LogP contribution in [0.25, 0.3) is 0 Å². The molecule has 0 aliphatic carbocycles. The minimum absolute atomic E-state index is 0.0803. The minimum atomic E-state index is -3.82. The predicted molar refractivity (Wildman–Crippen MR) is 102 cm³/mol. The topological polar surface area (TPSA) is 78.5 Å². The summed E-state index contributed by atoms with van der Waals surface area (Å²) < 4.78 is 27.7. The summed E-state index contributed by atoms with van der Waals surface area (Å²) in [6.07, 6.45) is 0.862. The van der Waals surface area contributed by atoms with Crippen LogP contribution in [0.1, 0.15) is 16.8 Å². The Morgan fingerprint density at radius 1 is 1.23 bits per heavy atom. The van der Waals surface area contributed by atoms with E-state index in [-0.39, 0.29) is 28.1 Å². The van der Waals surface area contributed by atoms with Gasteiger partial charge in [0, 0.05) is 24.7 Å². The SMILES string of the molecule is CN(C(=O)c1ccc(Cl)cc1NS(=O)(=O)c1ccccc1)C1CCNC1. The van der Waals surface area contributed by atoms with Gasteiger partial charge in [0.1, 0.15) is 0 Å². The van der Waals surface area contributed by atoms with Crippen molar-refractivity contribution in [3.8, 4) is 0 Å². The van der Waals surface area contributed by atoms with E-state index in [9.17, 15) is 13.2 Å². The van der Waals surface area contributed by atoms with Gasteiger partial charge in [-0.15, -0.1) is 0 Å². The highest BCUT2D eigenvalue weighted by Gasteiger charge is 2.27. The van der Waals surface area contributed by atoms with Crippen molar-refractivity contribution < 1.29 is 13.2 Å². The van der Waals surface area contributed by atoms with Gasteiger partial charge in [-0.2, -0.15) is 0 Å². The molecule has 1 aliphatic heterocycles. The number of sulfonamides is 1. The van der Waals surface area contributed by atoms with Gasteiger partial charge < -0.3 is 10.2 Å². The molecular formula is C18H20ClN3O3S. The van der Waals surface area contributed by atoms with Gasteiger partial charge in [-0.3, -0.25) is 9.52 Å². The second kappa shape index (κ2) is 7.65. The maximum atomic E-state index is 12.9. The van der Waals surface area contributed by atoms with E-state index in [1.165, 1.54) is 18.2 Å². The number of likely N-dealkylation sites (N-methyl/N-ethyl adjacent to an activating group) is 1. The highest BCUT2D eigenvalue weighted by Crippen LogP contribution is 2.26. The predicted octanol–water partition coefficient (Wildman–Crippen LogP) is 2.57. The fraction of sp³-hybridized carbons (Fsp3) is 0.278. The number of nitrogens with zero attached hydrogens (tertiary/aromatic N) is 1. The third kappa shape index (κ3) is 4.00. The lowest BCUT2D eigenvalue weighted by molar-refractivity contribution is 0.0745. The molecule has 1 heterocycles. The van der Waals surface area contributed by atoms with Gasteiger partial charge in [-0.1, -0.05) is 29.8 Å². The number of benzene rings is 2. The average Bonchev–Trinajstić information content (AvgIpc) is 3.16. The number of anilines is 1. The maximum absolute atomic E-state index is 12.9. The highest BCUT2D eigenvalue weighted by atomic mass is 35.5. The zero-order valence-corrected chi connectivity index (χ0v) is 15.8. The van der Waals surface area contributed by atoms with E-state index < -0.39 is 10.0 Å². The average molecular weight is 394 g/mol. The molecule has 138 valence electrons. The van der Waals surface area contributed by atoms with Gasteiger partial charge >= 0.3 is 0 Å². The molecule has 0 bridgehead atoms. The third-order valence-electron chi connectivity index (χ3n) is 4.41. The van der Waals surface area contributed by atoms with Crippen molar-refractivity contribution in [2.24, 2.45) is 0 Å². The van der Waals surface area contributed by atoms with Crippen molar-refractivity contribution in [2.75, 3.05) is 24.9 Å². The van der Waals surface area contributed by atoms with Gasteiger partial charge in [0.05, 0.1) is 16.1 Å². The van der Waals surface area contributed by atoms with E-state index in [0.717, 1.165) is 19.5 Å². The summed E-state index contributed by atoms with van der Waals surface area (Å²) in [5.41, 5.74) is 0.437. The fourth-order valence-electron chi connectivity index (χ4n) is 2.92. The van der Waals surface area contributed by atoms with Crippen LogP contribution >= 0.6 is 11.6 Å². The van der Waals surface area contributed by atoms with Crippen molar-refractivity contribution in [1.29, 1.82) is 0 Å². The Bertz CT molecular complexity index is 897. The molecule has 1 atom stereocenters. The lowest BCUT2D eigenvalue weighted by Gasteiger charge is -2.25. The molecule has 1 saturated heterocycles. The fourth-order valence-corrected chi connectivity index (χ4v) is 4.18. The zero-order chi connectivity index (χ0) is 18.7. The van der Waals surface area contributed by atoms with Gasteiger partial charge in [-0.25, -0.2) is 8.42 Å². The molecule has 2 N–H and O–H groups in total. The van der Waals surface area contributed by atoms with E-state index in [2.05, 4.69) is 10.0 Å². The van der Waals surface area contributed by atoms with Crippen LogP contribution in [0.4, 0.5) is 5.69 Å². The second-order valence-corrected chi connectivity index (χ2v) is 8.29. The molecule has 0 spiro atoms. The van der Waals surface area contributed by atoms with E-state index in [1.807, 2.05) is 0 Å². The van der Waals surface area contributed by atoms with Gasteiger partial charge in [0.2, 0.25) is 0 Å². The Labute approximate surface area is 158 Å². The molecule has 2 aromatic carbocycles. The van der Waals surface area contributed by atoms with Crippen molar-refractivity contribution in [3.05, 3.63) is 59.1 Å². The number of hydrogen-bond donors (Lipinski definition) is 2. The van der Waals surface area contributed by atoms with E-state index in [4.69, 9.17) is 11.6 Å². The second-order valence-electron chi connectivity index (χ2n) is 6.17. The van der Waals surface area contributed by atoms with Crippen molar-refractivity contribution in [3.63, 3.8) is 0 Å². The van der Waals surface area contributed by atoms with E-state index >= 15 is 0 Å². The molecular weight excluding hydrogens is 374 g/mol. The van der Waals surface area contributed by atoms with Gasteiger partial charge in [0.15, 0.2) is 0 Å². The van der Waals surface area contributed by atoms with Crippen LogP contribution in [0.5, 0.6) is 0 Å². The Morgan fingerprint density at radius 2 is 1.96 bits per heavy atom. The lowest BCUT2D eigenvalue weighted by atomic mass is 10.1. The van der Waals surface area contributed by atoms with Crippen LogP contribution < -0.4 is 10.0 Å². The minimum Gasteiger partial charge on any atom is -0.337 e. The summed E-state index contributed by atoms with van der Waals surface area (Å²) in [5, 5.41) is 3.56. The van der Waals surface area contributed by atoms with E-state index in [0.29, 0.717) is 5.02 Å². The highest BCUT2D eigenvalue weighted by molar-refractivity contribution is 7.92. The standard InChI is InChI=1S/C18H20ClN3O3S/c1-22(14-9-10-20-12-14)18(23)16-8-7-13(19)11-17(16)21-26(24,25)15-5-3-2-4-6-15/h2-8,11,14,20-21H,9-10,12H2,1H3. The van der Waals surface area contributed by atoms with Crippen molar-refractivity contribution >= 4 is 33.2 Å². The largest absolute Gasteiger partial charge is 0.337 e.